The molecule has 16 heteroatoms. The fourth-order valence-electron chi connectivity index (χ4n) is 4.51. The summed E-state index contributed by atoms with van der Waals surface area (Å²) in [6, 6.07) is 0.463. The number of aliphatic carboxylic acids is 2. The van der Waals surface area contributed by atoms with Crippen molar-refractivity contribution >= 4 is 17.9 Å². The molecule has 39 heavy (non-hydrogen) atoms. The van der Waals surface area contributed by atoms with E-state index in [-0.39, 0.29) is 11.4 Å². The van der Waals surface area contributed by atoms with Crippen molar-refractivity contribution in [2.24, 2.45) is 18.4 Å². The quantitative estimate of drug-likeness (QED) is 0.402. The van der Waals surface area contributed by atoms with Gasteiger partial charge in [-0.25, -0.2) is 9.59 Å². The van der Waals surface area contributed by atoms with Gasteiger partial charge in [0.15, 0.2) is 0 Å². The van der Waals surface area contributed by atoms with Crippen molar-refractivity contribution < 1.29 is 55.7 Å². The predicted molar refractivity (Wildman–Crippen MR) is 124 cm³/mol. The number of aryl methyl sites for hydroxylation is 1. The molecular weight excluding hydrogens is 542 g/mol. The molecule has 1 aromatic rings. The number of carboxylic acid groups (broad SMARTS) is 2. The van der Waals surface area contributed by atoms with E-state index in [1.165, 1.54) is 5.56 Å². The summed E-state index contributed by atoms with van der Waals surface area (Å²) >= 11 is 0. The minimum atomic E-state index is -5.08. The maximum absolute atomic E-state index is 12.9. The number of hydrogen-bond donors (Lipinski definition) is 2. The Labute approximate surface area is 221 Å². The van der Waals surface area contributed by atoms with E-state index in [1.807, 2.05) is 24.9 Å². The van der Waals surface area contributed by atoms with Gasteiger partial charge < -0.3 is 14.9 Å². The maximum atomic E-state index is 12.9. The smallest absolute Gasteiger partial charge is 0.475 e. The van der Waals surface area contributed by atoms with Crippen molar-refractivity contribution in [2.75, 3.05) is 32.8 Å². The molecular formula is C23H34F6N4O6. The van der Waals surface area contributed by atoms with Gasteiger partial charge in [-0.3, -0.25) is 19.3 Å². The number of nitrogens with zero attached hydrogens (tertiary/aromatic N) is 4. The van der Waals surface area contributed by atoms with E-state index in [4.69, 9.17) is 24.5 Å². The van der Waals surface area contributed by atoms with E-state index in [0.29, 0.717) is 18.6 Å². The fraction of sp³-hybridized carbons (Fsp3) is 0.739. The van der Waals surface area contributed by atoms with Crippen LogP contribution in [0.15, 0.2) is 12.4 Å². The van der Waals surface area contributed by atoms with Crippen molar-refractivity contribution in [2.45, 2.75) is 58.6 Å². The van der Waals surface area contributed by atoms with Crippen LogP contribution in [-0.4, -0.2) is 98.9 Å². The third kappa shape index (κ3) is 10.3. The van der Waals surface area contributed by atoms with Gasteiger partial charge in [0.05, 0.1) is 18.2 Å². The second-order valence-electron chi connectivity index (χ2n) is 9.56. The second kappa shape index (κ2) is 14.0. The average Bonchev–Trinajstić information content (AvgIpc) is 3.33. The number of rotatable bonds is 5. The standard InChI is InChI=1S/C19H32N4O2.2C2HF3O2/c1-5-25-18(24)19-7-6-8-22(11-16-9-20-21(4)10-16)12-17(19)13-23(14-19)15(2)3;2*3-2(4,5)1(6)7/h9-10,15,17H,5-8,11-14H2,1-4H3;2*(H,6,7)/t17-,19-;;/m0../s1. The van der Waals surface area contributed by atoms with E-state index in [2.05, 4.69) is 34.9 Å². The number of aromatic nitrogens is 2. The molecule has 2 saturated heterocycles. The number of fused-ring (bicyclic) bond motifs is 1. The molecule has 2 aliphatic heterocycles. The van der Waals surface area contributed by atoms with Gasteiger partial charge in [-0.05, 0) is 40.2 Å². The molecule has 0 spiro atoms. The molecule has 0 amide bonds. The molecule has 2 aliphatic rings. The minimum absolute atomic E-state index is 0.0198. The monoisotopic (exact) mass is 576 g/mol. The first-order valence-corrected chi connectivity index (χ1v) is 12.0. The number of likely N-dealkylation sites (tertiary alicyclic amines) is 2. The molecule has 0 saturated carbocycles. The van der Waals surface area contributed by atoms with E-state index >= 15 is 0 Å². The highest BCUT2D eigenvalue weighted by Crippen LogP contribution is 2.44. The van der Waals surface area contributed by atoms with Crippen LogP contribution in [0.2, 0.25) is 0 Å². The molecule has 0 radical (unpaired) electrons. The van der Waals surface area contributed by atoms with Gasteiger partial charge >= 0.3 is 30.3 Å². The van der Waals surface area contributed by atoms with Crippen LogP contribution in [0.3, 0.4) is 0 Å². The minimum Gasteiger partial charge on any atom is -0.475 e. The molecule has 10 nitrogen and oxygen atoms in total. The Balaban J connectivity index is 0.000000449. The van der Waals surface area contributed by atoms with E-state index in [0.717, 1.165) is 45.6 Å². The number of carbonyl (C=O) groups excluding carboxylic acids is 1. The van der Waals surface area contributed by atoms with Gasteiger partial charge in [-0.15, -0.1) is 0 Å². The summed E-state index contributed by atoms with van der Waals surface area (Å²) in [5.41, 5.74) is 0.911. The molecule has 3 rings (SSSR count). The van der Waals surface area contributed by atoms with Crippen LogP contribution in [0.1, 0.15) is 39.2 Å². The molecule has 3 heterocycles. The highest BCUT2D eigenvalue weighted by molar-refractivity contribution is 5.78. The summed E-state index contributed by atoms with van der Waals surface area (Å²) in [6.45, 7) is 11.5. The lowest BCUT2D eigenvalue weighted by molar-refractivity contribution is -0.193. The summed E-state index contributed by atoms with van der Waals surface area (Å²) in [7, 11) is 1.95. The molecule has 224 valence electrons. The van der Waals surface area contributed by atoms with Crippen LogP contribution in [0.4, 0.5) is 26.3 Å². The van der Waals surface area contributed by atoms with Gasteiger partial charge in [0, 0.05) is 56.9 Å². The van der Waals surface area contributed by atoms with Crippen molar-refractivity contribution in [3.05, 3.63) is 18.0 Å². The topological polar surface area (TPSA) is 125 Å². The van der Waals surface area contributed by atoms with Crippen LogP contribution in [0.25, 0.3) is 0 Å². The van der Waals surface area contributed by atoms with E-state index in [1.54, 1.807) is 0 Å². The Morgan fingerprint density at radius 2 is 1.64 bits per heavy atom. The summed E-state index contributed by atoms with van der Waals surface area (Å²) in [6.07, 6.45) is -4.16. The maximum Gasteiger partial charge on any atom is 0.490 e. The van der Waals surface area contributed by atoms with Crippen LogP contribution in [0, 0.1) is 11.3 Å². The van der Waals surface area contributed by atoms with Crippen LogP contribution in [-0.2, 0) is 32.7 Å². The number of carbonyl (C=O) groups is 3. The molecule has 1 aromatic heterocycles. The first-order chi connectivity index (χ1) is 17.8. The molecule has 2 N–H and O–H groups in total. The normalized spacial score (nSPS) is 22.1. The Morgan fingerprint density at radius 3 is 2.05 bits per heavy atom. The van der Waals surface area contributed by atoms with Crippen LogP contribution in [0.5, 0.6) is 0 Å². The van der Waals surface area contributed by atoms with Crippen LogP contribution >= 0.6 is 0 Å². The number of esters is 1. The summed E-state index contributed by atoms with van der Waals surface area (Å²) < 4.78 is 70.9. The van der Waals surface area contributed by atoms with Gasteiger partial charge in [-0.2, -0.15) is 31.4 Å². The number of alkyl halides is 6. The zero-order valence-electron chi connectivity index (χ0n) is 22.1. The SMILES string of the molecule is CCOC(=O)[C@]12CCCN(Cc3cnn(C)c3)C[C@H]1CN(C(C)C)C2.O=C(O)C(F)(F)F.O=C(O)C(F)(F)F. The van der Waals surface area contributed by atoms with Crippen molar-refractivity contribution in [1.82, 2.24) is 19.6 Å². The van der Waals surface area contributed by atoms with E-state index < -0.39 is 24.3 Å². The van der Waals surface area contributed by atoms with E-state index in [9.17, 15) is 31.1 Å². The summed E-state index contributed by atoms with van der Waals surface area (Å²) in [4.78, 5) is 35.6. The van der Waals surface area contributed by atoms with Gasteiger partial charge in [0.2, 0.25) is 0 Å². The Morgan fingerprint density at radius 1 is 1.10 bits per heavy atom. The zero-order valence-corrected chi connectivity index (χ0v) is 22.1. The third-order valence-electron chi connectivity index (χ3n) is 6.36. The molecule has 2 atom stereocenters. The van der Waals surface area contributed by atoms with Gasteiger partial charge in [-0.1, -0.05) is 0 Å². The highest BCUT2D eigenvalue weighted by atomic mass is 19.4. The Kier molecular flexibility index (Phi) is 12.2. The zero-order chi connectivity index (χ0) is 30.2. The Hall–Kier alpha value is -2.88. The van der Waals surface area contributed by atoms with Gasteiger partial charge in [0.1, 0.15) is 0 Å². The predicted octanol–water partition coefficient (Wildman–Crippen LogP) is 3.17. The van der Waals surface area contributed by atoms with Crippen LogP contribution < -0.4 is 0 Å². The molecule has 0 aromatic carbocycles. The largest absolute Gasteiger partial charge is 0.490 e. The fourth-order valence-corrected chi connectivity index (χ4v) is 4.51. The molecule has 0 aliphatic carbocycles. The van der Waals surface area contributed by atoms with Gasteiger partial charge in [0.25, 0.3) is 0 Å². The summed E-state index contributed by atoms with van der Waals surface area (Å²) in [5, 5.41) is 18.5. The molecule has 0 unspecified atom stereocenters. The lowest BCUT2D eigenvalue weighted by Gasteiger charge is -2.31. The highest BCUT2D eigenvalue weighted by Gasteiger charge is 2.54. The second-order valence-corrected chi connectivity index (χ2v) is 9.56. The first-order valence-electron chi connectivity index (χ1n) is 12.0. The average molecular weight is 577 g/mol. The number of halogens is 6. The van der Waals surface area contributed by atoms with Crippen molar-refractivity contribution in [3.63, 3.8) is 0 Å². The third-order valence-corrected chi connectivity index (χ3v) is 6.36. The first kappa shape index (κ1) is 34.1. The number of ether oxygens (including phenoxy) is 1. The molecule has 2 fully saturated rings. The number of hydrogen-bond acceptors (Lipinski definition) is 7. The number of carboxylic acids is 2. The van der Waals surface area contributed by atoms with Crippen molar-refractivity contribution in [1.29, 1.82) is 0 Å². The molecule has 0 bridgehead atoms. The summed E-state index contributed by atoms with van der Waals surface area (Å²) in [5.74, 6) is -5.15. The lowest BCUT2D eigenvalue weighted by atomic mass is 9.75. The van der Waals surface area contributed by atoms with Crippen molar-refractivity contribution in [3.8, 4) is 0 Å². The Bertz CT molecular complexity index is 944. The lowest BCUT2D eigenvalue weighted by Crippen LogP contribution is -2.42.